The van der Waals surface area contributed by atoms with Crippen LogP contribution in [-0.2, 0) is 16.1 Å². The summed E-state index contributed by atoms with van der Waals surface area (Å²) < 4.78 is 0. The number of amides is 2. The van der Waals surface area contributed by atoms with Gasteiger partial charge < -0.3 is 10.2 Å². The third-order valence-corrected chi connectivity index (χ3v) is 6.29. The lowest BCUT2D eigenvalue weighted by atomic mass is 9.92. The van der Waals surface area contributed by atoms with Gasteiger partial charge >= 0.3 is 0 Å². The summed E-state index contributed by atoms with van der Waals surface area (Å²) in [7, 11) is 0. The average molecular weight is 418 g/mol. The van der Waals surface area contributed by atoms with E-state index in [0.29, 0.717) is 24.0 Å². The maximum Gasteiger partial charge on any atom is 0.255 e. The maximum atomic E-state index is 13.0. The zero-order valence-corrected chi connectivity index (χ0v) is 17.8. The van der Waals surface area contributed by atoms with Gasteiger partial charge in [0.15, 0.2) is 5.78 Å². The molecule has 1 saturated carbocycles. The highest BCUT2D eigenvalue weighted by Gasteiger charge is 2.39. The van der Waals surface area contributed by atoms with Gasteiger partial charge in [-0.25, -0.2) is 0 Å². The molecule has 31 heavy (non-hydrogen) atoms. The van der Waals surface area contributed by atoms with Crippen LogP contribution in [0.2, 0.25) is 0 Å². The fraction of sp³-hybridized carbons (Fsp3) is 0.360. The lowest BCUT2D eigenvalue weighted by Gasteiger charge is -2.29. The summed E-state index contributed by atoms with van der Waals surface area (Å²) in [6.07, 6.45) is 1.35. The number of ketones is 2. The van der Waals surface area contributed by atoms with E-state index in [1.54, 1.807) is 23.1 Å². The number of fused-ring (bicyclic) bond motifs is 1. The first-order valence-corrected chi connectivity index (χ1v) is 10.7. The van der Waals surface area contributed by atoms with E-state index in [1.807, 2.05) is 38.1 Å². The van der Waals surface area contributed by atoms with Gasteiger partial charge in [-0.15, -0.1) is 0 Å². The Bertz CT molecular complexity index is 1070. The molecule has 160 valence electrons. The van der Waals surface area contributed by atoms with Crippen molar-refractivity contribution >= 4 is 23.4 Å². The SMILES string of the molecule is CC[C@@H](NC(=O)c1ccc2c(c1)CN(C1CCC(=O)CC1=O)C2=O)c1ccccc1C. The van der Waals surface area contributed by atoms with Gasteiger partial charge in [0.25, 0.3) is 11.8 Å². The lowest BCUT2D eigenvalue weighted by Crippen LogP contribution is -2.44. The van der Waals surface area contributed by atoms with Gasteiger partial charge in [0, 0.05) is 24.1 Å². The molecule has 1 aliphatic carbocycles. The monoisotopic (exact) mass is 418 g/mol. The molecule has 2 atom stereocenters. The Kier molecular flexibility index (Phi) is 5.72. The molecule has 0 saturated heterocycles. The third kappa shape index (κ3) is 4.02. The quantitative estimate of drug-likeness (QED) is 0.753. The fourth-order valence-corrected chi connectivity index (χ4v) is 4.54. The van der Waals surface area contributed by atoms with Gasteiger partial charge in [-0.1, -0.05) is 31.2 Å². The molecule has 1 aliphatic heterocycles. The van der Waals surface area contributed by atoms with Crippen LogP contribution >= 0.6 is 0 Å². The number of Topliss-reactive ketones (excluding diaryl/α,β-unsaturated/α-hetero) is 2. The summed E-state index contributed by atoms with van der Waals surface area (Å²) in [6, 6.07) is 12.4. The van der Waals surface area contributed by atoms with E-state index >= 15 is 0 Å². The molecule has 6 heteroatoms. The van der Waals surface area contributed by atoms with Crippen LogP contribution in [0, 0.1) is 6.92 Å². The number of carbonyl (C=O) groups is 4. The molecule has 1 heterocycles. The van der Waals surface area contributed by atoms with Gasteiger partial charge in [-0.3, -0.25) is 19.2 Å². The molecule has 1 fully saturated rings. The van der Waals surface area contributed by atoms with E-state index in [1.165, 1.54) is 0 Å². The highest BCUT2D eigenvalue weighted by Crippen LogP contribution is 2.30. The molecule has 4 rings (SSSR count). The summed E-state index contributed by atoms with van der Waals surface area (Å²) in [4.78, 5) is 51.2. The smallest absolute Gasteiger partial charge is 0.255 e. The zero-order chi connectivity index (χ0) is 22.1. The Balaban J connectivity index is 1.51. The maximum absolute atomic E-state index is 13.0. The highest BCUT2D eigenvalue weighted by atomic mass is 16.2. The third-order valence-electron chi connectivity index (χ3n) is 6.29. The van der Waals surface area contributed by atoms with Crippen molar-refractivity contribution in [2.75, 3.05) is 0 Å². The Morgan fingerprint density at radius 2 is 1.94 bits per heavy atom. The van der Waals surface area contributed by atoms with E-state index in [9.17, 15) is 19.2 Å². The standard InChI is InChI=1S/C25H26N2O4/c1-3-21(19-7-5-4-6-15(19)2)26-24(30)16-8-10-20-17(12-16)14-27(25(20)31)22-11-9-18(28)13-23(22)29/h4-8,10,12,21-22H,3,9,11,13-14H2,1-2H3,(H,26,30)/t21-,22?/m1/s1. The van der Waals surface area contributed by atoms with Crippen LogP contribution in [0.15, 0.2) is 42.5 Å². The van der Waals surface area contributed by atoms with Crippen LogP contribution in [0.1, 0.15) is 76.1 Å². The summed E-state index contributed by atoms with van der Waals surface area (Å²) in [5, 5.41) is 3.10. The largest absolute Gasteiger partial charge is 0.345 e. The van der Waals surface area contributed by atoms with Crippen LogP contribution in [0.25, 0.3) is 0 Å². The van der Waals surface area contributed by atoms with Gasteiger partial charge in [0.05, 0.1) is 18.5 Å². The topological polar surface area (TPSA) is 83.6 Å². The number of hydrogen-bond donors (Lipinski definition) is 1. The minimum absolute atomic E-state index is 0.0662. The van der Waals surface area contributed by atoms with Crippen molar-refractivity contribution in [1.82, 2.24) is 10.2 Å². The van der Waals surface area contributed by atoms with Crippen molar-refractivity contribution in [2.24, 2.45) is 0 Å². The van der Waals surface area contributed by atoms with Gasteiger partial charge in [-0.2, -0.15) is 0 Å². The Morgan fingerprint density at radius 3 is 2.65 bits per heavy atom. The van der Waals surface area contributed by atoms with E-state index in [-0.39, 0.29) is 42.4 Å². The molecule has 1 unspecified atom stereocenters. The van der Waals surface area contributed by atoms with Crippen LogP contribution < -0.4 is 5.32 Å². The average Bonchev–Trinajstić information content (AvgIpc) is 3.08. The molecule has 2 amide bonds. The summed E-state index contributed by atoms with van der Waals surface area (Å²) in [5.41, 5.74) is 3.97. The van der Waals surface area contributed by atoms with Crippen LogP contribution in [0.5, 0.6) is 0 Å². The molecule has 2 aromatic rings. The summed E-state index contributed by atoms with van der Waals surface area (Å²) >= 11 is 0. The van der Waals surface area contributed by atoms with Crippen molar-refractivity contribution < 1.29 is 19.2 Å². The molecule has 0 spiro atoms. The van der Waals surface area contributed by atoms with E-state index in [2.05, 4.69) is 5.32 Å². The number of carbonyl (C=O) groups excluding carboxylic acids is 4. The molecule has 1 N–H and O–H groups in total. The molecule has 0 bridgehead atoms. The number of nitrogens with zero attached hydrogens (tertiary/aromatic N) is 1. The van der Waals surface area contributed by atoms with Crippen molar-refractivity contribution in [3.8, 4) is 0 Å². The van der Waals surface area contributed by atoms with Gasteiger partial charge in [0.1, 0.15) is 5.78 Å². The molecule has 2 aliphatic rings. The zero-order valence-electron chi connectivity index (χ0n) is 17.8. The molecule has 2 aromatic carbocycles. The number of rotatable bonds is 5. The van der Waals surface area contributed by atoms with Crippen molar-refractivity contribution in [3.63, 3.8) is 0 Å². The molecule has 0 radical (unpaired) electrons. The van der Waals surface area contributed by atoms with E-state index < -0.39 is 6.04 Å². The highest BCUT2D eigenvalue weighted by molar-refractivity contribution is 6.08. The van der Waals surface area contributed by atoms with Crippen molar-refractivity contribution in [3.05, 3.63) is 70.3 Å². The number of hydrogen-bond acceptors (Lipinski definition) is 4. The van der Waals surface area contributed by atoms with Gasteiger partial charge in [0.2, 0.25) is 0 Å². The Labute approximate surface area is 181 Å². The predicted molar refractivity (Wildman–Crippen MR) is 116 cm³/mol. The van der Waals surface area contributed by atoms with E-state index in [4.69, 9.17) is 0 Å². The normalized spacial score (nSPS) is 19.4. The second kappa shape index (κ2) is 8.46. The predicted octanol–water partition coefficient (Wildman–Crippen LogP) is 3.52. The minimum Gasteiger partial charge on any atom is -0.345 e. The fourth-order valence-electron chi connectivity index (χ4n) is 4.54. The summed E-state index contributed by atoms with van der Waals surface area (Å²) in [6.45, 7) is 4.34. The first-order chi connectivity index (χ1) is 14.9. The van der Waals surface area contributed by atoms with Crippen molar-refractivity contribution in [2.45, 2.75) is 58.2 Å². The molecular weight excluding hydrogens is 392 g/mol. The molecule has 0 aromatic heterocycles. The van der Waals surface area contributed by atoms with Crippen LogP contribution in [0.3, 0.4) is 0 Å². The second-order valence-electron chi connectivity index (χ2n) is 8.33. The Hall–Kier alpha value is -3.28. The second-order valence-corrected chi connectivity index (χ2v) is 8.33. The molecular formula is C25H26N2O4. The van der Waals surface area contributed by atoms with Crippen molar-refractivity contribution in [1.29, 1.82) is 0 Å². The van der Waals surface area contributed by atoms with Crippen LogP contribution in [-0.4, -0.2) is 34.3 Å². The number of aryl methyl sites for hydroxylation is 1. The molecule has 6 nitrogen and oxygen atoms in total. The lowest BCUT2D eigenvalue weighted by molar-refractivity contribution is -0.133. The number of nitrogens with one attached hydrogen (secondary N) is 1. The van der Waals surface area contributed by atoms with Gasteiger partial charge in [-0.05, 0) is 54.7 Å². The Morgan fingerprint density at radius 1 is 1.16 bits per heavy atom. The first-order valence-electron chi connectivity index (χ1n) is 10.7. The minimum atomic E-state index is -0.555. The first kappa shape index (κ1) is 21.0. The van der Waals surface area contributed by atoms with Crippen LogP contribution in [0.4, 0.5) is 0 Å². The van der Waals surface area contributed by atoms with E-state index in [0.717, 1.165) is 23.1 Å². The summed E-state index contributed by atoms with van der Waals surface area (Å²) in [5.74, 6) is -0.660. The number of benzene rings is 2.